The van der Waals surface area contributed by atoms with Crippen molar-refractivity contribution >= 4 is 11.9 Å². The van der Waals surface area contributed by atoms with E-state index in [0.29, 0.717) is 0 Å². The molecule has 0 atom stereocenters. The van der Waals surface area contributed by atoms with Crippen LogP contribution in [0.4, 0.5) is 0 Å². The average molecular weight is 142 g/mol. The van der Waals surface area contributed by atoms with E-state index in [0.717, 1.165) is 0 Å². The second kappa shape index (κ2) is 3.48. The highest BCUT2D eigenvalue weighted by Gasteiger charge is 2.09. The summed E-state index contributed by atoms with van der Waals surface area (Å²) < 4.78 is 0. The van der Waals surface area contributed by atoms with Crippen molar-refractivity contribution in [3.05, 3.63) is 17.9 Å². The van der Waals surface area contributed by atoms with Crippen LogP contribution in [0.3, 0.4) is 0 Å². The summed E-state index contributed by atoms with van der Waals surface area (Å²) >= 11 is 0. The van der Waals surface area contributed by atoms with Crippen molar-refractivity contribution in [1.29, 1.82) is 0 Å². The highest BCUT2D eigenvalue weighted by molar-refractivity contribution is 5.91. The quantitative estimate of drug-likeness (QED) is 0.437. The number of carbonyl (C=O) groups is 2. The van der Waals surface area contributed by atoms with Gasteiger partial charge in [-0.05, 0) is 0 Å². The predicted octanol–water partition coefficient (Wildman–Crippen LogP) is 0.257. The van der Waals surface area contributed by atoms with Crippen molar-refractivity contribution in [2.24, 2.45) is 0 Å². The van der Waals surface area contributed by atoms with E-state index in [1.54, 1.807) is 0 Å². The molecule has 0 aromatic rings. The van der Waals surface area contributed by atoms with Gasteiger partial charge in [0.15, 0.2) is 0 Å². The molecule has 54 valence electrons. The van der Waals surface area contributed by atoms with E-state index in [1.807, 2.05) is 5.73 Å². The van der Waals surface area contributed by atoms with Crippen LogP contribution in [-0.4, -0.2) is 22.2 Å². The molecule has 0 aliphatic rings. The first-order valence-corrected chi connectivity index (χ1v) is 2.42. The van der Waals surface area contributed by atoms with Gasteiger partial charge < -0.3 is 10.2 Å². The van der Waals surface area contributed by atoms with E-state index >= 15 is 0 Å². The van der Waals surface area contributed by atoms with Gasteiger partial charge >= 0.3 is 11.9 Å². The van der Waals surface area contributed by atoms with Crippen molar-refractivity contribution in [2.45, 2.75) is 6.42 Å². The number of hydrogen-bond donors (Lipinski definition) is 2. The Morgan fingerprint density at radius 2 is 1.90 bits per heavy atom. The molecule has 2 N–H and O–H groups in total. The molecule has 0 fully saturated rings. The molecule has 0 saturated carbocycles. The van der Waals surface area contributed by atoms with E-state index in [-0.39, 0.29) is 5.57 Å². The molecule has 0 spiro atoms. The summed E-state index contributed by atoms with van der Waals surface area (Å²) in [6, 6.07) is 0. The predicted molar refractivity (Wildman–Crippen MR) is 32.5 cm³/mol. The summed E-state index contributed by atoms with van der Waals surface area (Å²) in [4.78, 5) is 20.0. The zero-order valence-electron chi connectivity index (χ0n) is 5.13. The van der Waals surface area contributed by atoms with Gasteiger partial charge in [-0.2, -0.15) is 0 Å². The number of aliphatic carboxylic acids is 2. The van der Waals surface area contributed by atoms with Gasteiger partial charge in [-0.15, -0.1) is 5.73 Å². The molecule has 4 heteroatoms. The molecule has 0 bridgehead atoms. The fourth-order valence-electron chi connectivity index (χ4n) is 0.365. The topological polar surface area (TPSA) is 74.6 Å². The van der Waals surface area contributed by atoms with Gasteiger partial charge in [0.25, 0.3) is 0 Å². The van der Waals surface area contributed by atoms with Crippen LogP contribution >= 0.6 is 0 Å². The smallest absolute Gasteiger partial charge is 0.340 e. The Morgan fingerprint density at radius 3 is 2.00 bits per heavy atom. The highest BCUT2D eigenvalue weighted by Crippen LogP contribution is 1.97. The first-order chi connectivity index (χ1) is 4.57. The van der Waals surface area contributed by atoms with Crippen LogP contribution in [0.2, 0.25) is 0 Å². The summed E-state index contributed by atoms with van der Waals surface area (Å²) in [7, 11) is 0. The molecule has 0 saturated heterocycles. The number of rotatable bonds is 3. The lowest BCUT2D eigenvalue weighted by molar-refractivity contribution is -0.139. The second-order valence-electron chi connectivity index (χ2n) is 1.53. The van der Waals surface area contributed by atoms with E-state index in [9.17, 15) is 9.59 Å². The van der Waals surface area contributed by atoms with Gasteiger partial charge in [-0.3, -0.25) is 4.79 Å². The Bertz CT molecular complexity index is 210. The minimum Gasteiger partial charge on any atom is -0.481 e. The first-order valence-electron chi connectivity index (χ1n) is 2.42. The average Bonchev–Trinajstić information content (AvgIpc) is 1.81. The minimum absolute atomic E-state index is 0.326. The first kappa shape index (κ1) is 8.46. The summed E-state index contributed by atoms with van der Waals surface area (Å²) in [5.41, 5.74) is 1.69. The Morgan fingerprint density at radius 1 is 1.40 bits per heavy atom. The number of carboxylic acid groups (broad SMARTS) is 2. The Balaban J connectivity index is 4.27. The largest absolute Gasteiger partial charge is 0.481 e. The monoisotopic (exact) mass is 142 g/mol. The maximum atomic E-state index is 10.1. The van der Waals surface area contributed by atoms with E-state index in [2.05, 4.69) is 6.58 Å². The fourth-order valence-corrected chi connectivity index (χ4v) is 0.365. The third-order valence-electron chi connectivity index (χ3n) is 0.800. The third-order valence-corrected chi connectivity index (χ3v) is 0.800. The molecule has 0 amide bonds. The van der Waals surface area contributed by atoms with Crippen LogP contribution in [0.5, 0.6) is 0 Å². The maximum absolute atomic E-state index is 10.1. The van der Waals surface area contributed by atoms with Gasteiger partial charge in [-0.25, -0.2) is 4.79 Å². The summed E-state index contributed by atoms with van der Waals surface area (Å²) in [5, 5.41) is 16.3. The molecule has 0 aromatic heterocycles. The Hall–Kier alpha value is -1.54. The minimum atomic E-state index is -1.29. The van der Waals surface area contributed by atoms with Gasteiger partial charge in [0, 0.05) is 0 Å². The maximum Gasteiger partial charge on any atom is 0.340 e. The van der Waals surface area contributed by atoms with Crippen LogP contribution in [0.25, 0.3) is 0 Å². The van der Waals surface area contributed by atoms with E-state index < -0.39 is 18.4 Å². The van der Waals surface area contributed by atoms with E-state index in [4.69, 9.17) is 10.2 Å². The molecule has 0 heterocycles. The third kappa shape index (κ3) is 2.69. The summed E-state index contributed by atoms with van der Waals surface area (Å²) in [6.45, 7) is 3.03. The molecule has 0 unspecified atom stereocenters. The second-order valence-corrected chi connectivity index (χ2v) is 1.53. The van der Waals surface area contributed by atoms with Crippen molar-refractivity contribution in [3.8, 4) is 0 Å². The Kier molecular flexibility index (Phi) is 2.94. The molecule has 0 aromatic carbocycles. The number of carboxylic acids is 2. The lowest BCUT2D eigenvalue weighted by atomic mass is 10.2. The molecular weight excluding hydrogens is 136 g/mol. The van der Waals surface area contributed by atoms with Crippen LogP contribution in [0, 0.1) is 0 Å². The molecule has 0 radical (unpaired) electrons. The van der Waals surface area contributed by atoms with Crippen molar-refractivity contribution < 1.29 is 19.8 Å². The zero-order valence-corrected chi connectivity index (χ0v) is 5.13. The van der Waals surface area contributed by atoms with E-state index in [1.165, 1.54) is 0 Å². The molecule has 4 nitrogen and oxygen atoms in total. The Labute approximate surface area is 57.1 Å². The fraction of sp³-hybridized carbons (Fsp3) is 0.167. The lowest BCUT2D eigenvalue weighted by Crippen LogP contribution is -2.05. The van der Waals surface area contributed by atoms with Gasteiger partial charge in [-0.1, -0.05) is 6.58 Å². The normalized spacial score (nSPS) is 8.00. The lowest BCUT2D eigenvalue weighted by Gasteiger charge is -1.90. The summed E-state index contributed by atoms with van der Waals surface area (Å²) in [6.07, 6.45) is -0.543. The van der Waals surface area contributed by atoms with Gasteiger partial charge in [0.05, 0.1) is 12.0 Å². The molecule has 0 rings (SSSR count). The van der Waals surface area contributed by atoms with Crippen LogP contribution in [0.15, 0.2) is 17.9 Å². The van der Waals surface area contributed by atoms with Crippen molar-refractivity contribution in [3.63, 3.8) is 0 Å². The van der Waals surface area contributed by atoms with Crippen LogP contribution in [-0.2, 0) is 9.59 Å². The van der Waals surface area contributed by atoms with Crippen LogP contribution in [0.1, 0.15) is 6.42 Å². The zero-order chi connectivity index (χ0) is 8.15. The summed E-state index contributed by atoms with van der Waals surface area (Å²) in [5.74, 6) is -2.49. The van der Waals surface area contributed by atoms with Gasteiger partial charge in [0.2, 0.25) is 0 Å². The molecule has 10 heavy (non-hydrogen) atoms. The molecule has 0 aliphatic carbocycles. The van der Waals surface area contributed by atoms with Crippen molar-refractivity contribution in [2.75, 3.05) is 0 Å². The van der Waals surface area contributed by atoms with Crippen LogP contribution < -0.4 is 0 Å². The SMILES string of the molecule is C=C=C(CC(=O)O)C(=O)O. The molecule has 0 aliphatic heterocycles. The molecular formula is C6H6O4. The highest BCUT2D eigenvalue weighted by atomic mass is 16.4. The number of hydrogen-bond acceptors (Lipinski definition) is 2. The standard InChI is InChI=1S/C6H6O4/c1-2-4(6(9)10)3-5(7)8/h1,3H2,(H,7,8)(H,9,10). The van der Waals surface area contributed by atoms with Crippen molar-refractivity contribution in [1.82, 2.24) is 0 Å². The van der Waals surface area contributed by atoms with Gasteiger partial charge in [0.1, 0.15) is 0 Å².